The van der Waals surface area contributed by atoms with Gasteiger partial charge >= 0.3 is 0 Å². The van der Waals surface area contributed by atoms with Crippen molar-refractivity contribution >= 4 is 22.7 Å². The molecule has 2 saturated heterocycles. The summed E-state index contributed by atoms with van der Waals surface area (Å²) in [5.74, 6) is 0.288. The summed E-state index contributed by atoms with van der Waals surface area (Å²) in [6, 6.07) is 24.2. The van der Waals surface area contributed by atoms with Gasteiger partial charge in [-0.2, -0.15) is 0 Å². The molecule has 1 aliphatic carbocycles. The van der Waals surface area contributed by atoms with Crippen LogP contribution < -0.4 is 5.32 Å². The van der Waals surface area contributed by atoms with Crippen LogP contribution in [-0.2, 0) is 22.5 Å². The maximum absolute atomic E-state index is 14.1. The predicted octanol–water partition coefficient (Wildman–Crippen LogP) is 8.00. The Bertz CT molecular complexity index is 1930. The lowest BCUT2D eigenvalue weighted by Crippen LogP contribution is -2.38. The summed E-state index contributed by atoms with van der Waals surface area (Å²) in [5, 5.41) is 15.3. The monoisotopic (exact) mass is 714 g/mol. The molecule has 3 N–H and O–H groups in total. The molecule has 53 heavy (non-hydrogen) atoms. The number of likely N-dealkylation sites (tertiary alicyclic amines) is 1. The fourth-order valence-electron chi connectivity index (χ4n) is 8.36. The van der Waals surface area contributed by atoms with Gasteiger partial charge in [0.2, 0.25) is 5.91 Å². The van der Waals surface area contributed by atoms with Crippen molar-refractivity contribution in [3.8, 4) is 11.1 Å². The van der Waals surface area contributed by atoms with Gasteiger partial charge in [-0.25, -0.2) is 0 Å². The molecule has 2 amide bonds. The van der Waals surface area contributed by atoms with Crippen molar-refractivity contribution in [2.24, 2.45) is 11.8 Å². The number of aromatic nitrogens is 1. The minimum Gasteiger partial charge on any atom is -0.362 e. The normalized spacial score (nSPS) is 19.7. The zero-order valence-electron chi connectivity index (χ0n) is 31.1. The summed E-state index contributed by atoms with van der Waals surface area (Å²) in [6.07, 6.45) is 16.4. The summed E-state index contributed by atoms with van der Waals surface area (Å²) in [6.45, 7) is 6.57. The van der Waals surface area contributed by atoms with Crippen molar-refractivity contribution in [3.63, 3.8) is 0 Å². The Hall–Kier alpha value is -4.50. The Labute approximate surface area is 313 Å². The molecule has 7 rings (SSSR count). The van der Waals surface area contributed by atoms with E-state index in [1.54, 1.807) is 17.1 Å². The summed E-state index contributed by atoms with van der Waals surface area (Å²) in [5.41, 5.74) is 6.31. The Morgan fingerprint density at radius 3 is 2.42 bits per heavy atom. The molecular weight excluding hydrogens is 661 g/mol. The van der Waals surface area contributed by atoms with E-state index in [9.17, 15) is 14.7 Å². The zero-order valence-corrected chi connectivity index (χ0v) is 31.1. The van der Waals surface area contributed by atoms with Gasteiger partial charge in [0.15, 0.2) is 5.79 Å². The molecule has 0 saturated carbocycles. The van der Waals surface area contributed by atoms with E-state index in [0.29, 0.717) is 18.7 Å². The van der Waals surface area contributed by atoms with Gasteiger partial charge in [-0.05, 0) is 116 Å². The first-order chi connectivity index (χ1) is 25.9. The van der Waals surface area contributed by atoms with Crippen LogP contribution in [0.15, 0.2) is 103 Å². The number of benzene rings is 3. The average Bonchev–Trinajstić information content (AvgIpc) is 3.60. The fraction of sp³-hybridized carbons (Fsp3) is 0.422. The minimum atomic E-state index is -1.38. The van der Waals surface area contributed by atoms with E-state index >= 15 is 0 Å². The molecule has 1 unspecified atom stereocenters. The molecule has 0 radical (unpaired) electrons. The first-order valence-electron chi connectivity index (χ1n) is 19.7. The number of fused-ring (bicyclic) bond motifs is 1. The number of rotatable bonds is 13. The third kappa shape index (κ3) is 9.18. The van der Waals surface area contributed by atoms with E-state index in [4.69, 9.17) is 4.74 Å². The van der Waals surface area contributed by atoms with Gasteiger partial charge in [-0.15, -0.1) is 0 Å². The number of ether oxygens (including phenoxy) is 1. The maximum atomic E-state index is 14.1. The van der Waals surface area contributed by atoms with Crippen molar-refractivity contribution in [2.45, 2.75) is 77.0 Å². The molecular formula is C45H54N4O4. The second kappa shape index (κ2) is 17.1. The van der Waals surface area contributed by atoms with Gasteiger partial charge in [0, 0.05) is 54.5 Å². The number of carbonyl (C=O) groups excluding carboxylic acids is 2. The molecule has 8 nitrogen and oxygen atoms in total. The molecule has 2 fully saturated rings. The quantitative estimate of drug-likeness (QED) is 0.122. The van der Waals surface area contributed by atoms with Crippen LogP contribution in [0, 0.1) is 11.8 Å². The molecule has 8 heteroatoms. The van der Waals surface area contributed by atoms with Gasteiger partial charge < -0.3 is 29.9 Å². The van der Waals surface area contributed by atoms with E-state index < -0.39 is 5.79 Å². The Kier molecular flexibility index (Phi) is 11.9. The van der Waals surface area contributed by atoms with Crippen molar-refractivity contribution in [1.82, 2.24) is 20.1 Å². The molecule has 1 atom stereocenters. The van der Waals surface area contributed by atoms with E-state index in [0.717, 1.165) is 76.6 Å². The highest BCUT2D eigenvalue weighted by Crippen LogP contribution is 2.30. The first kappa shape index (κ1) is 36.8. The lowest BCUT2D eigenvalue weighted by Gasteiger charge is -2.32. The van der Waals surface area contributed by atoms with Gasteiger partial charge in [0.25, 0.3) is 5.91 Å². The SMILES string of the molecule is CCOC1(O)C=CC(N(Cc2cccc(-c3cccc(C(=O)N4CCC(CCCC5CCNCC5)CC4)c3)c2)C(=O)Cc2c[nH]c3ccccc23)=CC1. The zero-order chi connectivity index (χ0) is 36.6. The molecule has 0 bridgehead atoms. The highest BCUT2D eigenvalue weighted by Gasteiger charge is 2.29. The van der Waals surface area contributed by atoms with Crippen molar-refractivity contribution in [1.29, 1.82) is 0 Å². The van der Waals surface area contributed by atoms with Crippen LogP contribution in [0.1, 0.15) is 79.8 Å². The Morgan fingerprint density at radius 2 is 1.66 bits per heavy atom. The van der Waals surface area contributed by atoms with Crippen molar-refractivity contribution < 1.29 is 19.4 Å². The molecule has 0 spiro atoms. The summed E-state index contributed by atoms with van der Waals surface area (Å²) in [4.78, 5) is 34.9. The number of allylic oxidation sites excluding steroid dienone is 1. The number of aliphatic hydroxyl groups is 1. The van der Waals surface area contributed by atoms with Crippen LogP contribution in [0.25, 0.3) is 22.0 Å². The lowest BCUT2D eigenvalue weighted by molar-refractivity contribution is -0.161. The third-order valence-electron chi connectivity index (χ3n) is 11.4. The van der Waals surface area contributed by atoms with E-state index in [1.807, 2.05) is 84.8 Å². The number of piperidine rings is 2. The number of para-hydroxylation sites is 1. The van der Waals surface area contributed by atoms with Crippen molar-refractivity contribution in [2.75, 3.05) is 32.8 Å². The first-order valence-corrected chi connectivity index (χ1v) is 19.7. The molecule has 2 aliphatic heterocycles. The second-order valence-corrected chi connectivity index (χ2v) is 15.1. The van der Waals surface area contributed by atoms with Crippen molar-refractivity contribution in [3.05, 3.63) is 120 Å². The van der Waals surface area contributed by atoms with E-state index in [2.05, 4.69) is 22.4 Å². The van der Waals surface area contributed by atoms with Crippen LogP contribution in [0.3, 0.4) is 0 Å². The Morgan fingerprint density at radius 1 is 0.925 bits per heavy atom. The maximum Gasteiger partial charge on any atom is 0.253 e. The summed E-state index contributed by atoms with van der Waals surface area (Å²) in [7, 11) is 0. The van der Waals surface area contributed by atoms with Gasteiger partial charge in [0.05, 0.1) is 13.0 Å². The number of aromatic amines is 1. The number of carbonyl (C=O) groups is 2. The fourth-order valence-corrected chi connectivity index (χ4v) is 8.36. The molecule has 4 aromatic rings. The standard InChI is InChI=1S/C45H54N4O4/c1-2-53-45(52)22-16-40(17-23-45)49(43(50)30-39-31-47-42-15-4-3-14-41(39)42)32-35-10-6-11-36(28-35)37-12-7-13-38(29-37)44(51)48-26-20-34(21-27-48)9-5-8-33-18-24-46-25-19-33/h3-4,6-7,10-17,22,28-29,31,33-34,46-47,52H,2,5,8-9,18-21,23-27,30,32H2,1H3. The topological polar surface area (TPSA) is 97.9 Å². The largest absolute Gasteiger partial charge is 0.362 e. The van der Waals surface area contributed by atoms with Crippen LogP contribution in [0.2, 0.25) is 0 Å². The summed E-state index contributed by atoms with van der Waals surface area (Å²) >= 11 is 0. The van der Waals surface area contributed by atoms with Gasteiger partial charge in [-0.1, -0.05) is 73.9 Å². The third-order valence-corrected chi connectivity index (χ3v) is 11.4. The molecule has 3 heterocycles. The lowest BCUT2D eigenvalue weighted by atomic mass is 9.87. The minimum absolute atomic E-state index is 0.0453. The highest BCUT2D eigenvalue weighted by molar-refractivity contribution is 5.95. The molecule has 1 aromatic heterocycles. The number of amides is 2. The highest BCUT2D eigenvalue weighted by atomic mass is 16.6. The number of nitrogens with zero attached hydrogens (tertiary/aromatic N) is 2. The Balaban J connectivity index is 1.02. The van der Waals surface area contributed by atoms with Crippen LogP contribution in [-0.4, -0.2) is 70.3 Å². The van der Waals surface area contributed by atoms with Crippen LogP contribution in [0.5, 0.6) is 0 Å². The number of hydrogen-bond donors (Lipinski definition) is 3. The number of nitrogens with one attached hydrogen (secondary N) is 2. The average molecular weight is 715 g/mol. The molecule has 3 aliphatic rings. The second-order valence-electron chi connectivity index (χ2n) is 15.1. The molecule has 278 valence electrons. The van der Waals surface area contributed by atoms with E-state index in [1.165, 1.54) is 45.2 Å². The van der Waals surface area contributed by atoms with Crippen LogP contribution in [0.4, 0.5) is 0 Å². The van der Waals surface area contributed by atoms with Gasteiger partial charge in [-0.3, -0.25) is 9.59 Å². The summed E-state index contributed by atoms with van der Waals surface area (Å²) < 4.78 is 5.57. The predicted molar refractivity (Wildman–Crippen MR) is 211 cm³/mol. The van der Waals surface area contributed by atoms with E-state index in [-0.39, 0.29) is 24.7 Å². The number of hydrogen-bond acceptors (Lipinski definition) is 5. The van der Waals surface area contributed by atoms with Crippen LogP contribution >= 0.6 is 0 Å². The number of H-pyrrole nitrogens is 1. The van der Waals surface area contributed by atoms with Gasteiger partial charge in [0.1, 0.15) is 0 Å². The molecule has 3 aromatic carbocycles. The smallest absolute Gasteiger partial charge is 0.253 e.